The Morgan fingerprint density at radius 3 is 2.55 bits per heavy atom. The molecule has 10 heteroatoms. The van der Waals surface area contributed by atoms with E-state index in [-0.39, 0.29) is 34.7 Å². The quantitative estimate of drug-likeness (QED) is 0.440. The molecule has 3 aromatic rings. The molecule has 4 rings (SSSR count). The van der Waals surface area contributed by atoms with Gasteiger partial charge in [-0.25, -0.2) is 9.37 Å². The normalized spacial score (nSPS) is 14.7. The van der Waals surface area contributed by atoms with Gasteiger partial charge in [0, 0.05) is 32.4 Å². The predicted molar refractivity (Wildman–Crippen MR) is 142 cm³/mol. The fourth-order valence-corrected chi connectivity index (χ4v) is 4.15. The van der Waals surface area contributed by atoms with Crippen LogP contribution in [-0.2, 0) is 16.1 Å². The molecule has 1 N–H and O–H groups in total. The van der Waals surface area contributed by atoms with Crippen molar-refractivity contribution >= 4 is 23.4 Å². The van der Waals surface area contributed by atoms with Crippen molar-refractivity contribution in [2.45, 2.75) is 19.6 Å². The number of aryl methyl sites for hydroxylation is 1. The van der Waals surface area contributed by atoms with E-state index in [0.29, 0.717) is 19.7 Å². The summed E-state index contributed by atoms with van der Waals surface area (Å²) in [4.78, 5) is 34.8. The molecule has 1 atom stereocenters. The Hall–Kier alpha value is -3.53. The molecule has 2 aromatic carbocycles. The van der Waals surface area contributed by atoms with Crippen LogP contribution in [0.3, 0.4) is 0 Å². The molecule has 0 bridgehead atoms. The van der Waals surface area contributed by atoms with Gasteiger partial charge in [0.1, 0.15) is 23.2 Å². The first-order valence-electron chi connectivity index (χ1n) is 12.3. The van der Waals surface area contributed by atoms with Gasteiger partial charge in [-0.2, -0.15) is 0 Å². The Morgan fingerprint density at radius 2 is 1.84 bits per heavy atom. The number of benzene rings is 2. The second-order valence-electron chi connectivity index (χ2n) is 9.19. The Morgan fingerprint density at radius 1 is 1.11 bits per heavy atom. The summed E-state index contributed by atoms with van der Waals surface area (Å²) < 4.78 is 25.0. The van der Waals surface area contributed by atoms with Crippen LogP contribution >= 0.6 is 11.6 Å². The number of carbonyl (C=O) groups excluding carboxylic acids is 2. The lowest BCUT2D eigenvalue weighted by Gasteiger charge is -2.34. The number of amides is 2. The van der Waals surface area contributed by atoms with Crippen LogP contribution in [-0.4, -0.2) is 72.5 Å². The molecule has 200 valence electrons. The van der Waals surface area contributed by atoms with Gasteiger partial charge in [-0.3, -0.25) is 9.59 Å². The molecule has 38 heavy (non-hydrogen) atoms. The maximum absolute atomic E-state index is 13.4. The maximum atomic E-state index is 13.4. The van der Waals surface area contributed by atoms with Gasteiger partial charge >= 0.3 is 0 Å². The minimum absolute atomic E-state index is 0.00890. The summed E-state index contributed by atoms with van der Waals surface area (Å²) >= 11 is 6.09. The topological polar surface area (TPSA) is 84.0 Å². The summed E-state index contributed by atoms with van der Waals surface area (Å²) in [6.07, 6.45) is 1.46. The number of nitrogens with one attached hydrogen (secondary N) is 1. The SMILES string of the molecule is Cc1ccc(COC[C@@H](NC(=O)c2cccnc2Oc2ccc(F)cc2Cl)C(=O)N2CCN(C)CC2)cc1. The number of carbonyl (C=O) groups is 2. The number of likely N-dealkylation sites (N-methyl/N-ethyl adjacent to an activating group) is 1. The zero-order valence-corrected chi connectivity index (χ0v) is 22.1. The maximum Gasteiger partial charge on any atom is 0.257 e. The Bertz CT molecular complexity index is 1270. The van der Waals surface area contributed by atoms with Gasteiger partial charge in [-0.15, -0.1) is 0 Å². The summed E-state index contributed by atoms with van der Waals surface area (Å²) in [5.41, 5.74) is 2.20. The first-order chi connectivity index (χ1) is 18.3. The van der Waals surface area contributed by atoms with Crippen LogP contribution in [0.4, 0.5) is 4.39 Å². The third-order valence-corrected chi connectivity index (χ3v) is 6.50. The molecule has 0 aliphatic carbocycles. The molecular formula is C28H30ClFN4O4. The van der Waals surface area contributed by atoms with Crippen molar-refractivity contribution in [3.63, 3.8) is 0 Å². The summed E-state index contributed by atoms with van der Waals surface area (Å²) in [5, 5.41) is 2.84. The number of hydrogen-bond donors (Lipinski definition) is 1. The van der Waals surface area contributed by atoms with E-state index < -0.39 is 17.8 Å². The largest absolute Gasteiger partial charge is 0.437 e. The van der Waals surface area contributed by atoms with Crippen molar-refractivity contribution in [3.8, 4) is 11.6 Å². The van der Waals surface area contributed by atoms with Crippen LogP contribution in [0.15, 0.2) is 60.8 Å². The van der Waals surface area contributed by atoms with E-state index in [0.717, 1.165) is 30.3 Å². The minimum Gasteiger partial charge on any atom is -0.437 e. The number of halogens is 2. The van der Waals surface area contributed by atoms with E-state index in [1.807, 2.05) is 38.2 Å². The molecule has 2 amide bonds. The molecule has 0 unspecified atom stereocenters. The predicted octanol–water partition coefficient (Wildman–Crippen LogP) is 4.06. The average Bonchev–Trinajstić information content (AvgIpc) is 2.91. The number of piperazine rings is 1. The monoisotopic (exact) mass is 540 g/mol. The van der Waals surface area contributed by atoms with E-state index in [2.05, 4.69) is 15.2 Å². The molecule has 1 fully saturated rings. The third-order valence-electron chi connectivity index (χ3n) is 6.21. The standard InChI is InChI=1S/C28H30ClFN4O4/c1-19-5-7-20(8-6-19)17-37-18-24(28(36)34-14-12-33(2)13-15-34)32-26(35)22-4-3-11-31-27(22)38-25-10-9-21(30)16-23(25)29/h3-11,16,24H,12-15,17-18H2,1-2H3,(H,32,35)/t24-/m1/s1. The van der Waals surface area contributed by atoms with Gasteiger partial charge in [0.25, 0.3) is 5.91 Å². The van der Waals surface area contributed by atoms with Crippen LogP contribution in [0.25, 0.3) is 0 Å². The van der Waals surface area contributed by atoms with Crippen LogP contribution in [0.2, 0.25) is 5.02 Å². The molecule has 0 saturated carbocycles. The minimum atomic E-state index is -0.918. The van der Waals surface area contributed by atoms with Gasteiger partial charge in [0.05, 0.1) is 18.2 Å². The van der Waals surface area contributed by atoms with Crippen LogP contribution in [0.1, 0.15) is 21.5 Å². The van der Waals surface area contributed by atoms with Crippen molar-refractivity contribution < 1.29 is 23.5 Å². The highest BCUT2D eigenvalue weighted by molar-refractivity contribution is 6.32. The number of nitrogens with zero attached hydrogens (tertiary/aromatic N) is 3. The third kappa shape index (κ3) is 7.28. The molecule has 1 saturated heterocycles. The smallest absolute Gasteiger partial charge is 0.257 e. The number of hydrogen-bond acceptors (Lipinski definition) is 6. The van der Waals surface area contributed by atoms with E-state index in [1.165, 1.54) is 24.4 Å². The lowest BCUT2D eigenvalue weighted by Crippen LogP contribution is -2.55. The molecular weight excluding hydrogens is 511 g/mol. The second-order valence-corrected chi connectivity index (χ2v) is 9.60. The number of aromatic nitrogens is 1. The highest BCUT2D eigenvalue weighted by Gasteiger charge is 2.29. The summed E-state index contributed by atoms with van der Waals surface area (Å²) in [6, 6.07) is 13.8. The molecule has 8 nitrogen and oxygen atoms in total. The van der Waals surface area contributed by atoms with Crippen molar-refractivity contribution in [1.82, 2.24) is 20.1 Å². The van der Waals surface area contributed by atoms with Gasteiger partial charge < -0.3 is 24.6 Å². The van der Waals surface area contributed by atoms with Crippen LogP contribution in [0.5, 0.6) is 11.6 Å². The lowest BCUT2D eigenvalue weighted by atomic mass is 10.1. The number of rotatable bonds is 9. The Balaban J connectivity index is 1.49. The van der Waals surface area contributed by atoms with Gasteiger partial charge in [0.15, 0.2) is 0 Å². The highest BCUT2D eigenvalue weighted by Crippen LogP contribution is 2.30. The van der Waals surface area contributed by atoms with Crippen LogP contribution in [0, 0.1) is 12.7 Å². The van der Waals surface area contributed by atoms with E-state index in [9.17, 15) is 14.0 Å². The van der Waals surface area contributed by atoms with Gasteiger partial charge in [0.2, 0.25) is 11.8 Å². The average molecular weight is 541 g/mol. The highest BCUT2D eigenvalue weighted by atomic mass is 35.5. The number of ether oxygens (including phenoxy) is 2. The van der Waals surface area contributed by atoms with Gasteiger partial charge in [-0.1, -0.05) is 41.4 Å². The van der Waals surface area contributed by atoms with Crippen molar-refractivity contribution in [1.29, 1.82) is 0 Å². The van der Waals surface area contributed by atoms with Crippen LogP contribution < -0.4 is 10.1 Å². The first-order valence-corrected chi connectivity index (χ1v) is 12.7. The van der Waals surface area contributed by atoms with E-state index >= 15 is 0 Å². The van der Waals surface area contributed by atoms with Crippen molar-refractivity contribution in [3.05, 3.63) is 88.3 Å². The lowest BCUT2D eigenvalue weighted by molar-refractivity contribution is -0.136. The summed E-state index contributed by atoms with van der Waals surface area (Å²) in [6.45, 7) is 4.91. The van der Waals surface area contributed by atoms with Gasteiger partial charge in [-0.05, 0) is 49.9 Å². The fourth-order valence-electron chi connectivity index (χ4n) is 3.94. The second kappa shape index (κ2) is 12.8. The first kappa shape index (κ1) is 27.5. The number of pyridine rings is 1. The zero-order valence-electron chi connectivity index (χ0n) is 21.3. The molecule has 0 spiro atoms. The van der Waals surface area contributed by atoms with Crippen molar-refractivity contribution in [2.24, 2.45) is 0 Å². The Kier molecular flexibility index (Phi) is 9.28. The molecule has 1 aromatic heterocycles. The summed E-state index contributed by atoms with van der Waals surface area (Å²) in [5.74, 6) is -1.17. The molecule has 1 aliphatic heterocycles. The van der Waals surface area contributed by atoms with Crippen molar-refractivity contribution in [2.75, 3.05) is 39.8 Å². The molecule has 1 aliphatic rings. The molecule has 0 radical (unpaired) electrons. The summed E-state index contributed by atoms with van der Waals surface area (Å²) in [7, 11) is 2.00. The zero-order chi connectivity index (χ0) is 27.1. The molecule has 2 heterocycles. The Labute approximate surface area is 226 Å². The fraction of sp³-hybridized carbons (Fsp3) is 0.321. The van der Waals surface area contributed by atoms with E-state index in [1.54, 1.807) is 11.0 Å². The van der Waals surface area contributed by atoms with E-state index in [4.69, 9.17) is 21.1 Å².